The first-order valence-corrected chi connectivity index (χ1v) is 4.87. The van der Waals surface area contributed by atoms with Crippen LogP contribution in [0.1, 0.15) is 13.3 Å². The molecule has 2 N–H and O–H groups in total. The van der Waals surface area contributed by atoms with Gasteiger partial charge in [-0.15, -0.1) is 0 Å². The van der Waals surface area contributed by atoms with Gasteiger partial charge in [0, 0.05) is 26.6 Å². The molecule has 6 nitrogen and oxygen atoms in total. The van der Waals surface area contributed by atoms with Crippen LogP contribution in [0.3, 0.4) is 0 Å². The van der Waals surface area contributed by atoms with E-state index in [4.69, 9.17) is 4.74 Å². The molecule has 0 unspecified atom stereocenters. The molecule has 6 heteroatoms. The van der Waals surface area contributed by atoms with E-state index in [1.165, 1.54) is 0 Å². The number of hydrogen-bond donors (Lipinski definition) is 2. The Morgan fingerprint density at radius 1 is 1.20 bits per heavy atom. The van der Waals surface area contributed by atoms with Crippen molar-refractivity contribution in [2.75, 3.05) is 33.4 Å². The van der Waals surface area contributed by atoms with E-state index in [2.05, 4.69) is 15.4 Å². The topological polar surface area (TPSA) is 76.7 Å². The van der Waals surface area contributed by atoms with Gasteiger partial charge < -0.3 is 20.1 Å². The molecule has 0 fully saturated rings. The molecule has 0 heterocycles. The molecule has 0 aliphatic heterocycles. The monoisotopic (exact) mass is 218 g/mol. The SMILES string of the molecule is CCOC(=O)NCCC(=O)NCCOC. The fraction of sp³-hybridized carbons (Fsp3) is 0.778. The van der Waals surface area contributed by atoms with E-state index in [0.29, 0.717) is 19.8 Å². The Hall–Kier alpha value is -1.30. The molecule has 0 atom stereocenters. The second-order valence-corrected chi connectivity index (χ2v) is 2.74. The van der Waals surface area contributed by atoms with Gasteiger partial charge in [-0.05, 0) is 6.92 Å². The van der Waals surface area contributed by atoms with Crippen LogP contribution >= 0.6 is 0 Å². The second-order valence-electron chi connectivity index (χ2n) is 2.74. The van der Waals surface area contributed by atoms with Crippen molar-refractivity contribution in [2.24, 2.45) is 0 Å². The fourth-order valence-corrected chi connectivity index (χ4v) is 0.841. The lowest BCUT2D eigenvalue weighted by atomic mass is 10.4. The Morgan fingerprint density at radius 3 is 2.53 bits per heavy atom. The maximum absolute atomic E-state index is 11.1. The summed E-state index contributed by atoms with van der Waals surface area (Å²) in [5.41, 5.74) is 0. The Balaban J connectivity index is 3.34. The van der Waals surface area contributed by atoms with Gasteiger partial charge in [0.05, 0.1) is 13.2 Å². The van der Waals surface area contributed by atoms with Crippen molar-refractivity contribution in [1.82, 2.24) is 10.6 Å². The number of methoxy groups -OCH3 is 1. The van der Waals surface area contributed by atoms with Gasteiger partial charge in [-0.25, -0.2) is 4.79 Å². The predicted molar refractivity (Wildman–Crippen MR) is 54.5 cm³/mol. The van der Waals surface area contributed by atoms with Gasteiger partial charge in [0.2, 0.25) is 5.91 Å². The zero-order valence-electron chi connectivity index (χ0n) is 9.17. The minimum absolute atomic E-state index is 0.121. The number of rotatable bonds is 7. The predicted octanol–water partition coefficient (Wildman–Crippen LogP) is -0.115. The lowest BCUT2D eigenvalue weighted by Crippen LogP contribution is -2.32. The zero-order valence-corrected chi connectivity index (χ0v) is 9.17. The number of hydrogen-bond acceptors (Lipinski definition) is 4. The summed E-state index contributed by atoms with van der Waals surface area (Å²) >= 11 is 0. The van der Waals surface area contributed by atoms with Gasteiger partial charge in [-0.2, -0.15) is 0 Å². The van der Waals surface area contributed by atoms with Crippen molar-refractivity contribution in [3.63, 3.8) is 0 Å². The number of carbonyl (C=O) groups excluding carboxylic acids is 2. The molecule has 0 saturated heterocycles. The molecule has 15 heavy (non-hydrogen) atoms. The van der Waals surface area contributed by atoms with Crippen LogP contribution in [0.15, 0.2) is 0 Å². The molecule has 88 valence electrons. The standard InChI is InChI=1S/C9H18N2O4/c1-3-15-9(13)11-5-4-8(12)10-6-7-14-2/h3-7H2,1-2H3,(H,10,12)(H,11,13). The second kappa shape index (κ2) is 9.26. The molecule has 0 saturated carbocycles. The van der Waals surface area contributed by atoms with Gasteiger partial charge in [-0.1, -0.05) is 0 Å². The Kier molecular flexibility index (Phi) is 8.46. The van der Waals surface area contributed by atoms with Crippen molar-refractivity contribution in [1.29, 1.82) is 0 Å². The molecule has 0 bridgehead atoms. The van der Waals surface area contributed by atoms with Gasteiger partial charge in [0.15, 0.2) is 0 Å². The zero-order chi connectivity index (χ0) is 11.5. The number of amides is 2. The van der Waals surface area contributed by atoms with Crippen LogP contribution in [0.5, 0.6) is 0 Å². The fourth-order valence-electron chi connectivity index (χ4n) is 0.841. The highest BCUT2D eigenvalue weighted by Crippen LogP contribution is 1.80. The summed E-state index contributed by atoms with van der Waals surface area (Å²) in [6.07, 6.45) is -0.259. The van der Waals surface area contributed by atoms with E-state index in [1.54, 1.807) is 14.0 Å². The van der Waals surface area contributed by atoms with Crippen molar-refractivity contribution in [3.05, 3.63) is 0 Å². The van der Waals surface area contributed by atoms with Crippen molar-refractivity contribution in [2.45, 2.75) is 13.3 Å². The lowest BCUT2D eigenvalue weighted by Gasteiger charge is -2.05. The maximum Gasteiger partial charge on any atom is 0.407 e. The van der Waals surface area contributed by atoms with Crippen molar-refractivity contribution >= 4 is 12.0 Å². The third kappa shape index (κ3) is 9.01. The summed E-state index contributed by atoms with van der Waals surface area (Å²) in [5.74, 6) is -0.121. The molecule has 2 amide bonds. The first-order valence-electron chi connectivity index (χ1n) is 4.87. The number of carbonyl (C=O) groups is 2. The van der Waals surface area contributed by atoms with E-state index < -0.39 is 6.09 Å². The van der Waals surface area contributed by atoms with Crippen molar-refractivity contribution in [3.8, 4) is 0 Å². The summed E-state index contributed by atoms with van der Waals surface area (Å²) in [6, 6.07) is 0. The third-order valence-corrected chi connectivity index (χ3v) is 1.53. The Labute approximate surface area is 89.3 Å². The highest BCUT2D eigenvalue weighted by atomic mass is 16.5. The van der Waals surface area contributed by atoms with Crippen LogP contribution < -0.4 is 10.6 Å². The summed E-state index contributed by atoms with van der Waals surface area (Å²) in [5, 5.41) is 5.08. The van der Waals surface area contributed by atoms with Crippen LogP contribution in [0.2, 0.25) is 0 Å². The first-order chi connectivity index (χ1) is 7.20. The molecular formula is C9H18N2O4. The van der Waals surface area contributed by atoms with Crippen LogP contribution in [-0.4, -0.2) is 45.4 Å². The lowest BCUT2D eigenvalue weighted by molar-refractivity contribution is -0.121. The number of alkyl carbamates (subject to hydrolysis) is 1. The van der Waals surface area contributed by atoms with E-state index in [0.717, 1.165) is 0 Å². The van der Waals surface area contributed by atoms with Gasteiger partial charge in [-0.3, -0.25) is 4.79 Å². The average molecular weight is 218 g/mol. The van der Waals surface area contributed by atoms with Crippen LogP contribution in [0.4, 0.5) is 4.79 Å². The van der Waals surface area contributed by atoms with Crippen LogP contribution in [-0.2, 0) is 14.3 Å². The van der Waals surface area contributed by atoms with Crippen LogP contribution in [0.25, 0.3) is 0 Å². The average Bonchev–Trinajstić information content (AvgIpc) is 2.18. The molecule has 0 aromatic rings. The van der Waals surface area contributed by atoms with Crippen LogP contribution in [0, 0.1) is 0 Å². The Bertz CT molecular complexity index is 197. The summed E-state index contributed by atoms with van der Waals surface area (Å²) < 4.78 is 9.38. The number of ether oxygens (including phenoxy) is 2. The van der Waals surface area contributed by atoms with E-state index in [-0.39, 0.29) is 18.9 Å². The summed E-state index contributed by atoms with van der Waals surface area (Å²) in [7, 11) is 1.56. The minimum Gasteiger partial charge on any atom is -0.450 e. The molecule has 0 rings (SSSR count). The summed E-state index contributed by atoms with van der Waals surface area (Å²) in [6.45, 7) is 3.28. The molecule has 0 radical (unpaired) electrons. The van der Waals surface area contributed by atoms with E-state index in [1.807, 2.05) is 0 Å². The molecular weight excluding hydrogens is 200 g/mol. The Morgan fingerprint density at radius 2 is 1.93 bits per heavy atom. The quantitative estimate of drug-likeness (QED) is 0.584. The molecule has 0 aliphatic carbocycles. The molecule has 0 spiro atoms. The largest absolute Gasteiger partial charge is 0.450 e. The highest BCUT2D eigenvalue weighted by molar-refractivity contribution is 5.76. The van der Waals surface area contributed by atoms with E-state index >= 15 is 0 Å². The van der Waals surface area contributed by atoms with Crippen molar-refractivity contribution < 1.29 is 19.1 Å². The minimum atomic E-state index is -0.498. The normalized spacial score (nSPS) is 9.47. The molecule has 0 aliphatic rings. The first kappa shape index (κ1) is 13.7. The third-order valence-electron chi connectivity index (χ3n) is 1.53. The smallest absolute Gasteiger partial charge is 0.407 e. The summed E-state index contributed by atoms with van der Waals surface area (Å²) in [4.78, 5) is 21.9. The molecule has 0 aromatic carbocycles. The molecule has 0 aromatic heterocycles. The highest BCUT2D eigenvalue weighted by Gasteiger charge is 2.02. The van der Waals surface area contributed by atoms with Gasteiger partial charge >= 0.3 is 6.09 Å². The number of nitrogens with one attached hydrogen (secondary N) is 2. The van der Waals surface area contributed by atoms with Gasteiger partial charge in [0.1, 0.15) is 0 Å². The van der Waals surface area contributed by atoms with Gasteiger partial charge in [0.25, 0.3) is 0 Å². The van der Waals surface area contributed by atoms with E-state index in [9.17, 15) is 9.59 Å². The maximum atomic E-state index is 11.1.